The first-order chi connectivity index (χ1) is 5.10. The molecule has 0 spiro atoms. The summed E-state index contributed by atoms with van der Waals surface area (Å²) in [6.07, 6.45) is 0. The Morgan fingerprint density at radius 2 is 1.09 bits per heavy atom. The van der Waals surface area contributed by atoms with Gasteiger partial charge >= 0.3 is 0 Å². The molecule has 0 atom stereocenters. The summed E-state index contributed by atoms with van der Waals surface area (Å²) in [5.41, 5.74) is 0. The number of quaternary nitrogens is 1. The van der Waals surface area contributed by atoms with E-state index in [1.54, 1.807) is 0 Å². The highest BCUT2D eigenvalue weighted by Gasteiger charge is 2.10. The maximum atomic E-state index is 2.29. The van der Waals surface area contributed by atoms with Crippen molar-refractivity contribution in [2.45, 2.75) is 27.7 Å². The minimum Gasteiger partial charge on any atom is -0.327 e. The molecule has 0 aliphatic rings. The fraction of sp³-hybridized carbons (Fsp3) is 1.00. The van der Waals surface area contributed by atoms with E-state index < -0.39 is 0 Å². The summed E-state index contributed by atoms with van der Waals surface area (Å²) >= 11 is 2.29. The van der Waals surface area contributed by atoms with Gasteiger partial charge in [-0.3, -0.25) is 0 Å². The Hall–Kier alpha value is 0.690. The number of halogens is 1. The van der Waals surface area contributed by atoms with Gasteiger partial charge in [-0.25, -0.2) is 0 Å². The number of hydrogen-bond acceptors (Lipinski definition) is 0. The van der Waals surface area contributed by atoms with E-state index in [0.717, 1.165) is 0 Å². The van der Waals surface area contributed by atoms with Gasteiger partial charge in [0.25, 0.3) is 0 Å². The molecule has 70 valence electrons. The van der Waals surface area contributed by atoms with Gasteiger partial charge in [-0.05, 0) is 25.2 Å². The molecular weight excluding hydrogens is 249 g/mol. The highest BCUT2D eigenvalue weighted by molar-refractivity contribution is 14.1. The normalized spacial score (nSPS) is 10.4. The molecule has 0 aliphatic heterocycles. The maximum Gasteiger partial charge on any atom is 0.0755 e. The minimum absolute atomic E-state index is 1.21. The average Bonchev–Trinajstić information content (AvgIpc) is 2.05. The lowest BCUT2D eigenvalue weighted by molar-refractivity contribution is -0.904. The summed E-state index contributed by atoms with van der Waals surface area (Å²) in [4.78, 5) is 0. The predicted molar refractivity (Wildman–Crippen MR) is 62.4 cm³/mol. The molecule has 0 heterocycles. The highest BCUT2D eigenvalue weighted by Crippen LogP contribution is 1.97. The summed E-state index contributed by atoms with van der Waals surface area (Å²) in [6.45, 7) is 12.6. The fourth-order valence-corrected chi connectivity index (χ4v) is 0.671. The second kappa shape index (κ2) is 8.78. The zero-order valence-corrected chi connectivity index (χ0v) is 10.8. The van der Waals surface area contributed by atoms with Gasteiger partial charge in [-0.2, -0.15) is 0 Å². The first-order valence-electron chi connectivity index (χ1n) is 4.49. The summed E-state index contributed by atoms with van der Waals surface area (Å²) < 4.78 is 2.43. The van der Waals surface area contributed by atoms with Crippen LogP contribution in [0.1, 0.15) is 27.7 Å². The molecule has 0 rings (SSSR count). The molecule has 0 bridgehead atoms. The third kappa shape index (κ3) is 8.60. The molecule has 0 unspecified atom stereocenters. The molecule has 0 aromatic carbocycles. The molecule has 1 nitrogen and oxygen atoms in total. The van der Waals surface area contributed by atoms with Crippen LogP contribution in [0.2, 0.25) is 0 Å². The molecule has 0 amide bonds. The Morgan fingerprint density at radius 3 is 1.09 bits per heavy atom. The summed E-state index contributed by atoms with van der Waals surface area (Å²) in [5.74, 6) is 0. The Morgan fingerprint density at radius 1 is 0.909 bits per heavy atom. The van der Waals surface area contributed by atoms with Gasteiger partial charge in [0.1, 0.15) is 0 Å². The standard InChI is InChI=1S/C7H18N.C2H5I/c1-5-8(4,6-2)7-3;1-2-3/h5-7H2,1-4H3;2H2,1H3/q+1;. The van der Waals surface area contributed by atoms with Crippen molar-refractivity contribution in [3.8, 4) is 0 Å². The van der Waals surface area contributed by atoms with Crippen LogP contribution in [0.5, 0.6) is 0 Å². The van der Waals surface area contributed by atoms with Crippen LogP contribution in [-0.2, 0) is 0 Å². The highest BCUT2D eigenvalue weighted by atomic mass is 127. The Balaban J connectivity index is 0. The molecule has 2 heteroatoms. The van der Waals surface area contributed by atoms with Crippen molar-refractivity contribution in [2.24, 2.45) is 0 Å². The minimum atomic E-state index is 1.21. The Bertz CT molecular complexity index is 61.7. The lowest BCUT2D eigenvalue weighted by Gasteiger charge is -2.30. The van der Waals surface area contributed by atoms with Crippen molar-refractivity contribution >= 4 is 22.6 Å². The van der Waals surface area contributed by atoms with Gasteiger partial charge in [0.2, 0.25) is 0 Å². The van der Waals surface area contributed by atoms with Gasteiger partial charge in [0.15, 0.2) is 0 Å². The SMILES string of the molecule is CCI.CC[N+](C)(CC)CC. The summed E-state index contributed by atoms with van der Waals surface area (Å²) in [6, 6.07) is 0. The quantitative estimate of drug-likeness (QED) is 0.421. The third-order valence-corrected chi connectivity index (χ3v) is 2.29. The van der Waals surface area contributed by atoms with Crippen LogP contribution in [0.3, 0.4) is 0 Å². The van der Waals surface area contributed by atoms with Crippen LogP contribution in [-0.4, -0.2) is 35.6 Å². The molecule has 0 radical (unpaired) electrons. The van der Waals surface area contributed by atoms with Gasteiger partial charge in [-0.1, -0.05) is 29.5 Å². The number of alkyl halides is 1. The smallest absolute Gasteiger partial charge is 0.0755 e. The van der Waals surface area contributed by atoms with E-state index in [1.807, 2.05) is 0 Å². The zero-order chi connectivity index (χ0) is 9.33. The van der Waals surface area contributed by atoms with E-state index in [2.05, 4.69) is 57.3 Å². The van der Waals surface area contributed by atoms with E-state index >= 15 is 0 Å². The monoisotopic (exact) mass is 272 g/mol. The van der Waals surface area contributed by atoms with Crippen molar-refractivity contribution in [2.75, 3.05) is 31.1 Å². The Labute approximate surface area is 85.9 Å². The van der Waals surface area contributed by atoms with Crippen molar-refractivity contribution in [1.82, 2.24) is 0 Å². The van der Waals surface area contributed by atoms with E-state index in [4.69, 9.17) is 0 Å². The van der Waals surface area contributed by atoms with Crippen molar-refractivity contribution in [1.29, 1.82) is 0 Å². The molecular formula is C9H23IN+. The van der Waals surface area contributed by atoms with Gasteiger partial charge in [0, 0.05) is 0 Å². The Kier molecular flexibility index (Phi) is 11.4. The van der Waals surface area contributed by atoms with E-state index in [9.17, 15) is 0 Å². The lowest BCUT2D eigenvalue weighted by Crippen LogP contribution is -2.42. The van der Waals surface area contributed by atoms with Crippen molar-refractivity contribution in [3.05, 3.63) is 0 Å². The van der Waals surface area contributed by atoms with Gasteiger partial charge in [0.05, 0.1) is 26.7 Å². The van der Waals surface area contributed by atoms with Crippen LogP contribution < -0.4 is 0 Å². The molecule has 0 saturated carbocycles. The maximum absolute atomic E-state index is 2.29. The first-order valence-corrected chi connectivity index (χ1v) is 6.02. The molecule has 0 saturated heterocycles. The lowest BCUT2D eigenvalue weighted by atomic mass is 10.4. The van der Waals surface area contributed by atoms with Gasteiger partial charge < -0.3 is 4.48 Å². The van der Waals surface area contributed by atoms with Crippen LogP contribution >= 0.6 is 22.6 Å². The topological polar surface area (TPSA) is 0 Å². The molecule has 0 aromatic rings. The van der Waals surface area contributed by atoms with E-state index in [-0.39, 0.29) is 0 Å². The number of hydrogen-bond donors (Lipinski definition) is 0. The fourth-order valence-electron chi connectivity index (χ4n) is 0.671. The average molecular weight is 272 g/mol. The first kappa shape index (κ1) is 14.2. The summed E-state index contributed by atoms with van der Waals surface area (Å²) in [5, 5.41) is 0. The predicted octanol–water partition coefficient (Wildman–Crippen LogP) is 2.93. The molecule has 0 aromatic heterocycles. The van der Waals surface area contributed by atoms with E-state index in [1.165, 1.54) is 28.5 Å². The summed E-state index contributed by atoms with van der Waals surface area (Å²) in [7, 11) is 2.29. The number of rotatable bonds is 3. The van der Waals surface area contributed by atoms with Crippen LogP contribution in [0, 0.1) is 0 Å². The molecule has 11 heavy (non-hydrogen) atoms. The van der Waals surface area contributed by atoms with E-state index in [0.29, 0.717) is 0 Å². The molecule has 0 N–H and O–H groups in total. The van der Waals surface area contributed by atoms with Crippen molar-refractivity contribution < 1.29 is 4.48 Å². The van der Waals surface area contributed by atoms with Gasteiger partial charge in [-0.15, -0.1) is 0 Å². The number of nitrogens with zero attached hydrogens (tertiary/aromatic N) is 1. The molecule has 0 fully saturated rings. The second-order valence-electron chi connectivity index (χ2n) is 2.84. The van der Waals surface area contributed by atoms with Crippen LogP contribution in [0.25, 0.3) is 0 Å². The molecule has 0 aliphatic carbocycles. The largest absolute Gasteiger partial charge is 0.327 e. The van der Waals surface area contributed by atoms with Crippen molar-refractivity contribution in [3.63, 3.8) is 0 Å². The third-order valence-electron chi connectivity index (χ3n) is 2.29. The van der Waals surface area contributed by atoms with Crippen LogP contribution in [0.15, 0.2) is 0 Å². The zero-order valence-electron chi connectivity index (χ0n) is 8.65. The van der Waals surface area contributed by atoms with Crippen LogP contribution in [0.4, 0.5) is 0 Å². The second-order valence-corrected chi connectivity index (χ2v) is 4.36.